The lowest BCUT2D eigenvalue weighted by Crippen LogP contribution is -2.36. The molecule has 1 aliphatic heterocycles. The van der Waals surface area contributed by atoms with Crippen LogP contribution in [0.1, 0.15) is 27.6 Å². The van der Waals surface area contributed by atoms with Crippen molar-refractivity contribution in [2.75, 3.05) is 13.7 Å². The number of nitrogens with zero attached hydrogens (tertiary/aromatic N) is 3. The van der Waals surface area contributed by atoms with Gasteiger partial charge in [0.1, 0.15) is 30.0 Å². The number of carbonyl (C=O) groups excluding carboxylic acids is 2. The van der Waals surface area contributed by atoms with Crippen molar-refractivity contribution < 1.29 is 19.1 Å². The van der Waals surface area contributed by atoms with Crippen molar-refractivity contribution in [3.63, 3.8) is 0 Å². The van der Waals surface area contributed by atoms with Gasteiger partial charge in [-0.1, -0.05) is 23.7 Å². The Hall–Kier alpha value is -3.39. The van der Waals surface area contributed by atoms with Gasteiger partial charge >= 0.3 is 5.97 Å². The van der Waals surface area contributed by atoms with Gasteiger partial charge < -0.3 is 14.8 Å². The van der Waals surface area contributed by atoms with Gasteiger partial charge in [-0.3, -0.25) is 4.79 Å². The highest BCUT2D eigenvalue weighted by atomic mass is 35.5. The fourth-order valence-corrected chi connectivity index (χ4v) is 4.03. The van der Waals surface area contributed by atoms with E-state index in [4.69, 9.17) is 21.1 Å². The van der Waals surface area contributed by atoms with Crippen LogP contribution in [0, 0.1) is 13.8 Å². The van der Waals surface area contributed by atoms with E-state index in [1.54, 1.807) is 29.8 Å². The Morgan fingerprint density at radius 2 is 2.06 bits per heavy atom. The largest absolute Gasteiger partial charge is 0.486 e. The van der Waals surface area contributed by atoms with E-state index in [1.807, 2.05) is 25.1 Å². The summed E-state index contributed by atoms with van der Waals surface area (Å²) < 4.78 is 12.4. The standard InChI is InChI=1S/C23H23ClN4O4/c1-13-26-14(2)28(27-13)12-21(29)25-11-19-9-18-8-17(10-20(24)22(18)32-19)15-5-4-6-16(7-15)23(30)31-3/h4-8,10,19H,9,11-12H2,1-3H3,(H,25,29). The molecule has 1 amide bonds. The summed E-state index contributed by atoms with van der Waals surface area (Å²) >= 11 is 6.49. The van der Waals surface area contributed by atoms with E-state index in [0.29, 0.717) is 40.9 Å². The molecule has 32 heavy (non-hydrogen) atoms. The van der Waals surface area contributed by atoms with Crippen LogP contribution in [-0.4, -0.2) is 46.4 Å². The second-order valence-electron chi connectivity index (χ2n) is 7.63. The van der Waals surface area contributed by atoms with E-state index < -0.39 is 5.97 Å². The Balaban J connectivity index is 1.42. The third-order valence-corrected chi connectivity index (χ3v) is 5.53. The van der Waals surface area contributed by atoms with Gasteiger partial charge in [-0.25, -0.2) is 14.5 Å². The maximum absolute atomic E-state index is 12.3. The maximum Gasteiger partial charge on any atom is 0.337 e. The van der Waals surface area contributed by atoms with Crippen LogP contribution in [0.4, 0.5) is 0 Å². The summed E-state index contributed by atoms with van der Waals surface area (Å²) in [5, 5.41) is 7.58. The van der Waals surface area contributed by atoms with Crippen molar-refractivity contribution in [2.45, 2.75) is 32.9 Å². The predicted molar refractivity (Wildman–Crippen MR) is 119 cm³/mol. The number of hydrogen-bond donors (Lipinski definition) is 1. The average Bonchev–Trinajstić information content (AvgIpc) is 3.34. The van der Waals surface area contributed by atoms with Crippen molar-refractivity contribution in [2.24, 2.45) is 0 Å². The molecule has 1 N–H and O–H groups in total. The molecule has 0 bridgehead atoms. The summed E-state index contributed by atoms with van der Waals surface area (Å²) in [5.74, 6) is 1.39. The second-order valence-corrected chi connectivity index (χ2v) is 8.04. The molecule has 4 rings (SSSR count). The molecule has 3 aromatic rings. The SMILES string of the molecule is COC(=O)c1cccc(-c2cc(Cl)c3c(c2)CC(CNC(=O)Cn2nc(C)nc2C)O3)c1. The number of nitrogens with one attached hydrogen (secondary N) is 1. The number of carbonyl (C=O) groups is 2. The number of aromatic nitrogens is 3. The molecule has 0 radical (unpaired) electrons. The zero-order chi connectivity index (χ0) is 22.8. The first kappa shape index (κ1) is 21.8. The first-order valence-corrected chi connectivity index (χ1v) is 10.5. The monoisotopic (exact) mass is 454 g/mol. The molecule has 1 atom stereocenters. The third kappa shape index (κ3) is 4.60. The number of amides is 1. The molecule has 2 aromatic carbocycles. The average molecular weight is 455 g/mol. The van der Waals surface area contributed by atoms with Gasteiger partial charge in [-0.05, 0) is 49.2 Å². The summed E-state index contributed by atoms with van der Waals surface area (Å²) in [6.45, 7) is 4.05. The third-order valence-electron chi connectivity index (χ3n) is 5.25. The Morgan fingerprint density at radius 3 is 2.78 bits per heavy atom. The van der Waals surface area contributed by atoms with Gasteiger partial charge in [0.2, 0.25) is 5.91 Å². The second kappa shape index (κ2) is 9.00. The lowest BCUT2D eigenvalue weighted by molar-refractivity contribution is -0.122. The van der Waals surface area contributed by atoms with Crippen molar-refractivity contribution >= 4 is 23.5 Å². The van der Waals surface area contributed by atoms with Crippen LogP contribution < -0.4 is 10.1 Å². The van der Waals surface area contributed by atoms with E-state index in [1.165, 1.54) is 7.11 Å². The van der Waals surface area contributed by atoms with Crippen LogP contribution in [0.3, 0.4) is 0 Å². The van der Waals surface area contributed by atoms with E-state index >= 15 is 0 Å². The zero-order valence-electron chi connectivity index (χ0n) is 18.0. The minimum atomic E-state index is -0.394. The highest BCUT2D eigenvalue weighted by molar-refractivity contribution is 6.32. The molecule has 0 spiro atoms. The van der Waals surface area contributed by atoms with Gasteiger partial charge in [0.25, 0.3) is 0 Å². The fraction of sp³-hybridized carbons (Fsp3) is 0.304. The molecule has 9 heteroatoms. The molecule has 0 aliphatic carbocycles. The molecule has 1 aliphatic rings. The molecule has 8 nitrogen and oxygen atoms in total. The molecule has 0 saturated heterocycles. The zero-order valence-corrected chi connectivity index (χ0v) is 18.8. The summed E-state index contributed by atoms with van der Waals surface area (Å²) in [4.78, 5) is 28.3. The predicted octanol–water partition coefficient (Wildman–Crippen LogP) is 3.12. The van der Waals surface area contributed by atoms with Crippen molar-refractivity contribution in [3.05, 3.63) is 64.2 Å². The van der Waals surface area contributed by atoms with Crippen LogP contribution in [0.25, 0.3) is 11.1 Å². The Kier molecular flexibility index (Phi) is 6.14. The van der Waals surface area contributed by atoms with Crippen molar-refractivity contribution in [1.82, 2.24) is 20.1 Å². The summed E-state index contributed by atoms with van der Waals surface area (Å²) in [7, 11) is 1.35. The lowest BCUT2D eigenvalue weighted by atomic mass is 9.99. The van der Waals surface area contributed by atoms with Gasteiger partial charge in [0.15, 0.2) is 0 Å². The normalized spacial score (nSPS) is 14.6. The molecule has 2 heterocycles. The Morgan fingerprint density at radius 1 is 1.25 bits per heavy atom. The van der Waals surface area contributed by atoms with Gasteiger partial charge in [0, 0.05) is 12.0 Å². The van der Waals surface area contributed by atoms with E-state index in [9.17, 15) is 9.59 Å². The van der Waals surface area contributed by atoms with Gasteiger partial charge in [-0.15, -0.1) is 0 Å². The molecular weight excluding hydrogens is 432 g/mol. The number of methoxy groups -OCH3 is 1. The van der Waals surface area contributed by atoms with Gasteiger partial charge in [0.05, 0.1) is 24.2 Å². The summed E-state index contributed by atoms with van der Waals surface area (Å²) in [6.07, 6.45) is 0.392. The minimum absolute atomic E-state index is 0.105. The van der Waals surface area contributed by atoms with E-state index in [2.05, 4.69) is 15.4 Å². The summed E-state index contributed by atoms with van der Waals surface area (Å²) in [6, 6.07) is 11.0. The highest BCUT2D eigenvalue weighted by Gasteiger charge is 2.26. The number of hydrogen-bond acceptors (Lipinski definition) is 6. The number of aryl methyl sites for hydroxylation is 2. The van der Waals surface area contributed by atoms with E-state index in [-0.39, 0.29) is 18.6 Å². The quantitative estimate of drug-likeness (QED) is 0.575. The van der Waals surface area contributed by atoms with E-state index in [0.717, 1.165) is 16.7 Å². The molecular formula is C23H23ClN4O4. The van der Waals surface area contributed by atoms with Crippen LogP contribution in [0.5, 0.6) is 5.75 Å². The number of benzene rings is 2. The first-order chi connectivity index (χ1) is 15.3. The van der Waals surface area contributed by atoms with Crippen LogP contribution >= 0.6 is 11.6 Å². The van der Waals surface area contributed by atoms with Gasteiger partial charge in [-0.2, -0.15) is 5.10 Å². The summed E-state index contributed by atoms with van der Waals surface area (Å²) in [5.41, 5.74) is 3.16. The molecule has 0 saturated carbocycles. The van der Waals surface area contributed by atoms with Crippen LogP contribution in [0.15, 0.2) is 36.4 Å². The number of halogens is 1. The molecule has 1 aromatic heterocycles. The fourth-order valence-electron chi connectivity index (χ4n) is 3.74. The highest BCUT2D eigenvalue weighted by Crippen LogP contribution is 2.39. The van der Waals surface area contributed by atoms with Crippen LogP contribution in [-0.2, 0) is 22.5 Å². The number of fused-ring (bicyclic) bond motifs is 1. The Bertz CT molecular complexity index is 1190. The van der Waals surface area contributed by atoms with Crippen LogP contribution in [0.2, 0.25) is 5.02 Å². The first-order valence-electron chi connectivity index (χ1n) is 10.2. The number of ether oxygens (including phenoxy) is 2. The molecule has 0 fully saturated rings. The molecule has 1 unspecified atom stereocenters. The number of esters is 1. The minimum Gasteiger partial charge on any atom is -0.486 e. The lowest BCUT2D eigenvalue weighted by Gasteiger charge is -2.12. The maximum atomic E-state index is 12.3. The molecule has 166 valence electrons. The number of rotatable bonds is 6. The topological polar surface area (TPSA) is 95.3 Å². The Labute approximate surface area is 190 Å². The van der Waals surface area contributed by atoms with Crippen molar-refractivity contribution in [3.8, 4) is 16.9 Å². The smallest absolute Gasteiger partial charge is 0.337 e. The van der Waals surface area contributed by atoms with Crippen molar-refractivity contribution in [1.29, 1.82) is 0 Å².